The van der Waals surface area contributed by atoms with E-state index >= 15 is 0 Å². The Hall–Kier alpha value is -2.10. The fourth-order valence-electron chi connectivity index (χ4n) is 2.43. The van der Waals surface area contributed by atoms with E-state index in [4.69, 9.17) is 0 Å². The number of hydrogen-bond donors (Lipinski definition) is 1. The van der Waals surface area contributed by atoms with E-state index in [0.29, 0.717) is 5.69 Å². The minimum Gasteiger partial charge on any atom is -0.339 e. The highest BCUT2D eigenvalue weighted by atomic mass is 16.2. The topological polar surface area (TPSA) is 46.4 Å². The van der Waals surface area contributed by atoms with Gasteiger partial charge in [-0.2, -0.15) is 5.10 Å². The summed E-state index contributed by atoms with van der Waals surface area (Å²) in [5.74, 6) is -0.129. The number of carbonyl (C=O) groups is 1. The van der Waals surface area contributed by atoms with E-state index in [1.807, 2.05) is 36.7 Å². The van der Waals surface area contributed by atoms with Gasteiger partial charge < -0.3 is 4.57 Å². The summed E-state index contributed by atoms with van der Waals surface area (Å²) in [4.78, 5) is 12.0. The molecule has 0 fully saturated rings. The number of benzene rings is 1. The Morgan fingerprint density at radius 3 is 2.94 bits per heavy atom. The zero-order valence-corrected chi connectivity index (χ0v) is 9.82. The Kier molecular flexibility index (Phi) is 2.04. The minimum atomic E-state index is -0.129. The van der Waals surface area contributed by atoms with Gasteiger partial charge in [-0.15, -0.1) is 0 Å². The Bertz CT molecular complexity index is 652. The number of nitrogens with one attached hydrogen (secondary N) is 1. The molecule has 3 rings (SSSR count). The molecule has 1 N–H and O–H groups in total. The Morgan fingerprint density at radius 2 is 2.12 bits per heavy atom. The Morgan fingerprint density at radius 1 is 1.35 bits per heavy atom. The third-order valence-electron chi connectivity index (χ3n) is 3.21. The first-order valence-electron chi connectivity index (χ1n) is 5.58. The second-order valence-electron chi connectivity index (χ2n) is 4.37. The molecule has 2 aromatic rings. The van der Waals surface area contributed by atoms with Crippen LogP contribution in [0.25, 0.3) is 10.9 Å². The summed E-state index contributed by atoms with van der Waals surface area (Å²) in [6, 6.07) is 8.07. The lowest BCUT2D eigenvalue weighted by molar-refractivity contribution is 0.0947. The van der Waals surface area contributed by atoms with Crippen molar-refractivity contribution in [3.63, 3.8) is 0 Å². The molecular formula is C13H13N3O. The van der Waals surface area contributed by atoms with Crippen LogP contribution in [-0.2, 0) is 13.5 Å². The average molecular weight is 227 g/mol. The number of aromatic nitrogens is 1. The first-order chi connectivity index (χ1) is 8.18. The van der Waals surface area contributed by atoms with Gasteiger partial charge >= 0.3 is 0 Å². The Labute approximate surface area is 98.9 Å². The second-order valence-corrected chi connectivity index (χ2v) is 4.37. The van der Waals surface area contributed by atoms with Crippen LogP contribution >= 0.6 is 0 Å². The molecule has 0 bridgehead atoms. The van der Waals surface area contributed by atoms with Crippen molar-refractivity contribution >= 4 is 22.5 Å². The molecule has 0 spiro atoms. The van der Waals surface area contributed by atoms with Crippen molar-refractivity contribution in [3.05, 3.63) is 35.5 Å². The predicted molar refractivity (Wildman–Crippen MR) is 67.2 cm³/mol. The van der Waals surface area contributed by atoms with Gasteiger partial charge in [0.05, 0.1) is 0 Å². The zero-order chi connectivity index (χ0) is 12.0. The van der Waals surface area contributed by atoms with Gasteiger partial charge in [0.15, 0.2) is 0 Å². The lowest BCUT2D eigenvalue weighted by Gasteiger charge is -2.01. The fraction of sp³-hybridized carbons (Fsp3) is 0.231. The molecule has 0 unspecified atom stereocenters. The van der Waals surface area contributed by atoms with Crippen molar-refractivity contribution in [1.82, 2.24) is 9.99 Å². The molecule has 1 amide bonds. The monoisotopic (exact) mass is 227 g/mol. The molecule has 1 aromatic carbocycles. The predicted octanol–water partition coefficient (Wildman–Crippen LogP) is 1.84. The first kappa shape index (κ1) is 10.1. The number of carbonyl (C=O) groups excluding carboxylic acids is 1. The van der Waals surface area contributed by atoms with Crippen LogP contribution in [-0.4, -0.2) is 16.2 Å². The van der Waals surface area contributed by atoms with Gasteiger partial charge in [-0.05, 0) is 18.6 Å². The van der Waals surface area contributed by atoms with E-state index in [1.165, 1.54) is 0 Å². The number of fused-ring (bicyclic) bond motifs is 3. The molecular weight excluding hydrogens is 214 g/mol. The lowest BCUT2D eigenvalue weighted by atomic mass is 10.1. The lowest BCUT2D eigenvalue weighted by Crippen LogP contribution is -2.20. The van der Waals surface area contributed by atoms with Crippen LogP contribution in [0.15, 0.2) is 29.4 Å². The van der Waals surface area contributed by atoms with Gasteiger partial charge in [0.1, 0.15) is 5.69 Å². The van der Waals surface area contributed by atoms with Gasteiger partial charge in [0, 0.05) is 30.1 Å². The molecule has 4 heteroatoms. The summed E-state index contributed by atoms with van der Waals surface area (Å²) in [6.45, 7) is 1.93. The van der Waals surface area contributed by atoms with Crippen molar-refractivity contribution < 1.29 is 4.79 Å². The number of rotatable bonds is 0. The molecule has 0 aliphatic carbocycles. The number of hydrogen-bond acceptors (Lipinski definition) is 2. The van der Waals surface area contributed by atoms with Crippen LogP contribution in [0.4, 0.5) is 0 Å². The molecule has 86 valence electrons. The summed E-state index contributed by atoms with van der Waals surface area (Å²) >= 11 is 0. The van der Waals surface area contributed by atoms with Gasteiger partial charge in [0.25, 0.3) is 5.91 Å². The number of nitrogens with zero attached hydrogens (tertiary/aromatic N) is 2. The molecule has 0 atom stereocenters. The van der Waals surface area contributed by atoms with Crippen LogP contribution in [0.3, 0.4) is 0 Å². The van der Waals surface area contributed by atoms with Crippen molar-refractivity contribution in [1.29, 1.82) is 0 Å². The van der Waals surface area contributed by atoms with E-state index in [9.17, 15) is 4.79 Å². The molecule has 0 saturated carbocycles. The van der Waals surface area contributed by atoms with Crippen molar-refractivity contribution in [2.24, 2.45) is 12.1 Å². The SMILES string of the molecule is CC1=NNC(=O)c2c(c3ccccc3n2C)C1. The van der Waals surface area contributed by atoms with Gasteiger partial charge in [-0.3, -0.25) is 4.79 Å². The highest BCUT2D eigenvalue weighted by molar-refractivity contribution is 6.05. The highest BCUT2D eigenvalue weighted by Crippen LogP contribution is 2.27. The molecule has 0 saturated heterocycles. The van der Waals surface area contributed by atoms with Crippen LogP contribution < -0.4 is 5.43 Å². The maximum atomic E-state index is 12.0. The van der Waals surface area contributed by atoms with Crippen LogP contribution in [0.1, 0.15) is 23.0 Å². The number of aryl methyl sites for hydroxylation is 1. The summed E-state index contributed by atoms with van der Waals surface area (Å²) in [5.41, 5.74) is 6.37. The fourth-order valence-corrected chi connectivity index (χ4v) is 2.43. The van der Waals surface area contributed by atoms with Crippen LogP contribution in [0.2, 0.25) is 0 Å². The van der Waals surface area contributed by atoms with Crippen molar-refractivity contribution in [2.45, 2.75) is 13.3 Å². The van der Waals surface area contributed by atoms with Crippen molar-refractivity contribution in [3.8, 4) is 0 Å². The third-order valence-corrected chi connectivity index (χ3v) is 3.21. The number of amides is 1. The Balaban J connectivity index is 2.40. The minimum absolute atomic E-state index is 0.129. The highest BCUT2D eigenvalue weighted by Gasteiger charge is 2.23. The van der Waals surface area contributed by atoms with E-state index in [2.05, 4.69) is 16.6 Å². The van der Waals surface area contributed by atoms with Crippen molar-refractivity contribution in [2.75, 3.05) is 0 Å². The van der Waals surface area contributed by atoms with E-state index in [0.717, 1.165) is 28.6 Å². The summed E-state index contributed by atoms with van der Waals surface area (Å²) in [7, 11) is 1.92. The number of hydrazone groups is 1. The van der Waals surface area contributed by atoms with Gasteiger partial charge in [-0.1, -0.05) is 18.2 Å². The van der Waals surface area contributed by atoms with Crippen LogP contribution in [0.5, 0.6) is 0 Å². The maximum Gasteiger partial charge on any atom is 0.288 e. The molecule has 2 heterocycles. The number of para-hydroxylation sites is 1. The second kappa shape index (κ2) is 3.45. The van der Waals surface area contributed by atoms with E-state index in [-0.39, 0.29) is 5.91 Å². The molecule has 1 aliphatic heterocycles. The van der Waals surface area contributed by atoms with E-state index < -0.39 is 0 Å². The van der Waals surface area contributed by atoms with Gasteiger partial charge in [0.2, 0.25) is 0 Å². The van der Waals surface area contributed by atoms with Gasteiger partial charge in [-0.25, -0.2) is 5.43 Å². The molecule has 0 radical (unpaired) electrons. The zero-order valence-electron chi connectivity index (χ0n) is 9.82. The largest absolute Gasteiger partial charge is 0.339 e. The maximum absolute atomic E-state index is 12.0. The first-order valence-corrected chi connectivity index (χ1v) is 5.58. The summed E-state index contributed by atoms with van der Waals surface area (Å²) in [5, 5.41) is 5.18. The normalized spacial score (nSPS) is 15.2. The molecule has 4 nitrogen and oxygen atoms in total. The van der Waals surface area contributed by atoms with E-state index in [1.54, 1.807) is 0 Å². The molecule has 1 aromatic heterocycles. The third kappa shape index (κ3) is 1.37. The average Bonchev–Trinajstić information content (AvgIpc) is 2.50. The molecule has 17 heavy (non-hydrogen) atoms. The van der Waals surface area contributed by atoms with Crippen LogP contribution in [0, 0.1) is 0 Å². The standard InChI is InChI=1S/C13H13N3O/c1-8-7-10-9-5-3-4-6-11(9)16(2)12(10)13(17)15-14-8/h3-6H,7H2,1-2H3,(H,15,17). The summed E-state index contributed by atoms with van der Waals surface area (Å²) in [6.07, 6.45) is 0.718. The molecule has 1 aliphatic rings. The quantitative estimate of drug-likeness (QED) is 0.733. The smallest absolute Gasteiger partial charge is 0.288 e. The summed E-state index contributed by atoms with van der Waals surface area (Å²) < 4.78 is 1.94.